The molecule has 0 aliphatic carbocycles. The van der Waals surface area contributed by atoms with Gasteiger partial charge in [-0.3, -0.25) is 4.99 Å². The Balaban J connectivity index is 3.39. The van der Waals surface area contributed by atoms with Gasteiger partial charge in [-0.05, 0) is 0 Å². The zero-order valence-corrected chi connectivity index (χ0v) is 6.90. The van der Waals surface area contributed by atoms with Gasteiger partial charge in [0.25, 0.3) is 0 Å². The van der Waals surface area contributed by atoms with Gasteiger partial charge in [0.2, 0.25) is 0 Å². The first kappa shape index (κ1) is 8.49. The number of rotatable bonds is 2. The Morgan fingerprint density at radius 3 is 2.78 bits per heavy atom. The van der Waals surface area contributed by atoms with E-state index in [9.17, 15) is 0 Å². The van der Waals surface area contributed by atoms with Crippen LogP contribution in [0.4, 0.5) is 0 Å². The van der Waals surface area contributed by atoms with Crippen molar-refractivity contribution in [2.24, 2.45) is 10.7 Å². The Morgan fingerprint density at radius 1 is 1.89 bits per heavy atom. The van der Waals surface area contributed by atoms with E-state index in [2.05, 4.69) is 32.8 Å². The van der Waals surface area contributed by atoms with E-state index in [1.54, 1.807) is 7.05 Å². The Bertz CT molecular complexity index is 130. The van der Waals surface area contributed by atoms with Crippen LogP contribution < -0.4 is 11.1 Å². The summed E-state index contributed by atoms with van der Waals surface area (Å²) in [6.07, 6.45) is 0. The quantitative estimate of drug-likeness (QED) is 0.492. The average molecular weight is 192 g/mol. The van der Waals surface area contributed by atoms with Crippen molar-refractivity contribution in [1.29, 1.82) is 0 Å². The van der Waals surface area contributed by atoms with Gasteiger partial charge in [0.05, 0.1) is 0 Å². The van der Waals surface area contributed by atoms with E-state index in [1.165, 1.54) is 0 Å². The van der Waals surface area contributed by atoms with Crippen LogP contribution in [-0.4, -0.2) is 19.6 Å². The molecule has 4 heteroatoms. The number of hydrogen-bond donors (Lipinski definition) is 2. The Hall–Kier alpha value is -0.510. The van der Waals surface area contributed by atoms with E-state index in [4.69, 9.17) is 5.73 Å². The fourth-order valence-electron chi connectivity index (χ4n) is 0.266. The van der Waals surface area contributed by atoms with Crippen LogP contribution in [0.25, 0.3) is 0 Å². The number of hydrogen-bond acceptors (Lipinski definition) is 1. The van der Waals surface area contributed by atoms with Gasteiger partial charge < -0.3 is 11.1 Å². The zero-order chi connectivity index (χ0) is 7.28. The van der Waals surface area contributed by atoms with E-state index in [-0.39, 0.29) is 0 Å². The molecule has 52 valence electrons. The first-order valence-corrected chi connectivity index (χ1v) is 3.25. The third kappa shape index (κ3) is 5.36. The summed E-state index contributed by atoms with van der Waals surface area (Å²) in [5.41, 5.74) is 5.30. The van der Waals surface area contributed by atoms with E-state index in [0.717, 1.165) is 4.48 Å². The minimum Gasteiger partial charge on any atom is -0.370 e. The van der Waals surface area contributed by atoms with Crippen molar-refractivity contribution in [2.45, 2.75) is 0 Å². The van der Waals surface area contributed by atoms with E-state index >= 15 is 0 Å². The van der Waals surface area contributed by atoms with E-state index in [1.807, 2.05) is 0 Å². The molecular weight excluding hydrogens is 182 g/mol. The summed E-state index contributed by atoms with van der Waals surface area (Å²) in [6.45, 7) is 4.22. The Morgan fingerprint density at radius 2 is 2.44 bits per heavy atom. The molecule has 0 fully saturated rings. The third-order valence-electron chi connectivity index (χ3n) is 0.702. The van der Waals surface area contributed by atoms with Crippen LogP contribution >= 0.6 is 15.9 Å². The first-order chi connectivity index (χ1) is 4.16. The van der Waals surface area contributed by atoms with Crippen molar-refractivity contribution in [3.63, 3.8) is 0 Å². The number of nitrogens with zero attached hydrogens (tertiary/aromatic N) is 1. The lowest BCUT2D eigenvalue weighted by atomic mass is 10.6. The second-order valence-electron chi connectivity index (χ2n) is 1.48. The standard InChI is InChI=1S/C5H10BrN3/c1-4(6)3-9-5(7)8-2/h1,3H2,2H3,(H3,7,8,9). The highest BCUT2D eigenvalue weighted by Gasteiger charge is 1.87. The van der Waals surface area contributed by atoms with Crippen molar-refractivity contribution >= 4 is 21.9 Å². The van der Waals surface area contributed by atoms with Crippen LogP contribution in [-0.2, 0) is 0 Å². The van der Waals surface area contributed by atoms with Crippen LogP contribution in [0.1, 0.15) is 0 Å². The fourth-order valence-corrected chi connectivity index (χ4v) is 0.406. The highest BCUT2D eigenvalue weighted by molar-refractivity contribution is 9.11. The van der Waals surface area contributed by atoms with Gasteiger partial charge >= 0.3 is 0 Å². The zero-order valence-electron chi connectivity index (χ0n) is 5.32. The van der Waals surface area contributed by atoms with E-state index in [0.29, 0.717) is 12.5 Å². The monoisotopic (exact) mass is 191 g/mol. The van der Waals surface area contributed by atoms with Crippen molar-refractivity contribution in [3.05, 3.63) is 11.1 Å². The van der Waals surface area contributed by atoms with Crippen LogP contribution in [0.3, 0.4) is 0 Å². The Kier molecular flexibility index (Phi) is 4.13. The maximum absolute atomic E-state index is 5.30. The minimum absolute atomic E-state index is 0.426. The van der Waals surface area contributed by atoms with Crippen molar-refractivity contribution in [1.82, 2.24) is 5.32 Å². The molecule has 9 heavy (non-hydrogen) atoms. The minimum atomic E-state index is 0.426. The van der Waals surface area contributed by atoms with Crippen LogP contribution in [0.15, 0.2) is 16.1 Å². The summed E-state index contributed by atoms with van der Waals surface area (Å²) in [5, 5.41) is 2.81. The molecule has 0 aliphatic rings. The fraction of sp³-hybridized carbons (Fsp3) is 0.400. The van der Waals surface area contributed by atoms with Crippen LogP contribution in [0, 0.1) is 0 Å². The SMILES string of the molecule is C=C(Br)CNC(N)=NC. The van der Waals surface area contributed by atoms with Crippen molar-refractivity contribution in [2.75, 3.05) is 13.6 Å². The van der Waals surface area contributed by atoms with Gasteiger partial charge in [-0.15, -0.1) is 0 Å². The summed E-state index contributed by atoms with van der Waals surface area (Å²) in [5.74, 6) is 0.426. The summed E-state index contributed by atoms with van der Waals surface area (Å²) in [4.78, 5) is 3.68. The molecule has 0 aliphatic heterocycles. The molecule has 0 aromatic heterocycles. The highest BCUT2D eigenvalue weighted by Crippen LogP contribution is 1.95. The molecule has 0 unspecified atom stereocenters. The largest absolute Gasteiger partial charge is 0.370 e. The lowest BCUT2D eigenvalue weighted by Crippen LogP contribution is -2.31. The predicted molar refractivity (Wildman–Crippen MR) is 43.6 cm³/mol. The lowest BCUT2D eigenvalue weighted by molar-refractivity contribution is 1.01. The third-order valence-corrected chi connectivity index (χ3v) is 0.983. The number of nitrogens with two attached hydrogens (primary N) is 1. The summed E-state index contributed by atoms with van der Waals surface area (Å²) in [6, 6.07) is 0. The summed E-state index contributed by atoms with van der Waals surface area (Å²) >= 11 is 3.16. The molecule has 0 bridgehead atoms. The molecule has 0 aromatic carbocycles. The molecule has 0 rings (SSSR count). The first-order valence-electron chi connectivity index (χ1n) is 2.46. The van der Waals surface area contributed by atoms with Gasteiger partial charge in [0.15, 0.2) is 5.96 Å². The second kappa shape index (κ2) is 4.38. The van der Waals surface area contributed by atoms with Gasteiger partial charge in [-0.1, -0.05) is 22.5 Å². The highest BCUT2D eigenvalue weighted by atomic mass is 79.9. The van der Waals surface area contributed by atoms with Crippen LogP contribution in [0.5, 0.6) is 0 Å². The molecule has 0 aromatic rings. The topological polar surface area (TPSA) is 50.4 Å². The van der Waals surface area contributed by atoms with Crippen molar-refractivity contribution in [3.8, 4) is 0 Å². The lowest BCUT2D eigenvalue weighted by Gasteiger charge is -2.00. The van der Waals surface area contributed by atoms with Gasteiger partial charge in [-0.2, -0.15) is 0 Å². The smallest absolute Gasteiger partial charge is 0.188 e. The van der Waals surface area contributed by atoms with Gasteiger partial charge in [0.1, 0.15) is 0 Å². The molecule has 3 N–H and O–H groups in total. The number of guanidine groups is 1. The summed E-state index contributed by atoms with van der Waals surface area (Å²) < 4.78 is 0.856. The maximum atomic E-state index is 5.30. The molecule has 0 saturated carbocycles. The van der Waals surface area contributed by atoms with Crippen molar-refractivity contribution < 1.29 is 0 Å². The Labute approximate surface area is 63.2 Å². The van der Waals surface area contributed by atoms with Gasteiger partial charge in [-0.25, -0.2) is 0 Å². The predicted octanol–water partition coefficient (Wildman–Crippen LogP) is 0.429. The molecule has 0 atom stereocenters. The number of aliphatic imine (C=N–C) groups is 1. The molecular formula is C5H10BrN3. The molecule has 0 amide bonds. The second-order valence-corrected chi connectivity index (χ2v) is 2.60. The van der Waals surface area contributed by atoms with E-state index < -0.39 is 0 Å². The molecule has 0 saturated heterocycles. The number of halogens is 1. The van der Waals surface area contributed by atoms with Gasteiger partial charge in [0, 0.05) is 18.1 Å². The van der Waals surface area contributed by atoms with Crippen LogP contribution in [0.2, 0.25) is 0 Å². The molecule has 0 radical (unpaired) electrons. The molecule has 0 spiro atoms. The molecule has 0 heterocycles. The maximum Gasteiger partial charge on any atom is 0.188 e. The number of nitrogens with one attached hydrogen (secondary N) is 1. The average Bonchev–Trinajstić information content (AvgIpc) is 1.83. The summed E-state index contributed by atoms with van der Waals surface area (Å²) in [7, 11) is 1.62. The normalized spacial score (nSPS) is 11.1. The molecule has 3 nitrogen and oxygen atoms in total.